The third-order valence-electron chi connectivity index (χ3n) is 3.62. The molecule has 0 saturated heterocycles. The highest BCUT2D eigenvalue weighted by molar-refractivity contribution is 5.93. The Hall–Kier alpha value is -3.22. The van der Waals surface area contributed by atoms with Crippen LogP contribution >= 0.6 is 0 Å². The summed E-state index contributed by atoms with van der Waals surface area (Å²) in [5, 5.41) is 4.26. The quantitative estimate of drug-likeness (QED) is 0.577. The summed E-state index contributed by atoms with van der Waals surface area (Å²) in [6.07, 6.45) is 7.29. The van der Waals surface area contributed by atoms with E-state index < -0.39 is 0 Å². The summed E-state index contributed by atoms with van der Waals surface area (Å²) < 4.78 is 3.52. The van der Waals surface area contributed by atoms with Gasteiger partial charge < -0.3 is 9.30 Å². The first-order valence-electron chi connectivity index (χ1n) is 7.19. The molecule has 0 fully saturated rings. The van der Waals surface area contributed by atoms with Crippen molar-refractivity contribution < 1.29 is 4.79 Å². The molecule has 7 nitrogen and oxygen atoms in total. The van der Waals surface area contributed by atoms with Crippen molar-refractivity contribution in [2.24, 2.45) is 0 Å². The van der Waals surface area contributed by atoms with Gasteiger partial charge in [0.2, 0.25) is 0 Å². The number of nitrogens with zero attached hydrogens (tertiary/aromatic N) is 6. The van der Waals surface area contributed by atoms with Gasteiger partial charge >= 0.3 is 0 Å². The Morgan fingerprint density at radius 1 is 1.22 bits per heavy atom. The number of rotatable bonds is 3. The zero-order chi connectivity index (χ0) is 15.8. The smallest absolute Gasteiger partial charge is 0.274 e. The Kier molecular flexibility index (Phi) is 3.04. The molecule has 0 spiro atoms. The molecule has 0 unspecified atom stereocenters. The van der Waals surface area contributed by atoms with Crippen LogP contribution in [-0.4, -0.2) is 41.8 Å². The number of aromatic nitrogens is 5. The zero-order valence-electron chi connectivity index (χ0n) is 12.5. The lowest BCUT2D eigenvalue weighted by Crippen LogP contribution is -2.26. The van der Waals surface area contributed by atoms with Crippen LogP contribution in [0.4, 0.5) is 0 Å². The lowest BCUT2D eigenvalue weighted by atomic mass is 10.3. The van der Waals surface area contributed by atoms with Crippen molar-refractivity contribution in [1.82, 2.24) is 28.9 Å². The minimum absolute atomic E-state index is 0.160. The van der Waals surface area contributed by atoms with Crippen LogP contribution in [0, 0.1) is 0 Å². The predicted octanol–water partition coefficient (Wildman–Crippen LogP) is 1.65. The number of hydrogen-bond acceptors (Lipinski definition) is 4. The molecule has 4 aromatic rings. The molecular weight excluding hydrogens is 292 g/mol. The number of fused-ring (bicyclic) bond motifs is 2. The molecule has 23 heavy (non-hydrogen) atoms. The lowest BCUT2D eigenvalue weighted by Gasteiger charge is -2.13. The Labute approximate surface area is 131 Å². The van der Waals surface area contributed by atoms with Crippen LogP contribution in [0.3, 0.4) is 0 Å². The largest absolute Gasteiger partial charge is 0.334 e. The zero-order valence-corrected chi connectivity index (χ0v) is 12.5. The van der Waals surface area contributed by atoms with Crippen LogP contribution in [0.5, 0.6) is 0 Å². The van der Waals surface area contributed by atoms with Gasteiger partial charge in [0.05, 0.1) is 12.2 Å². The molecule has 0 N–H and O–H groups in total. The molecule has 0 aliphatic rings. The van der Waals surface area contributed by atoms with Gasteiger partial charge in [-0.25, -0.2) is 14.5 Å². The van der Waals surface area contributed by atoms with Crippen molar-refractivity contribution in [3.63, 3.8) is 0 Å². The van der Waals surface area contributed by atoms with Crippen LogP contribution < -0.4 is 0 Å². The molecule has 0 atom stereocenters. The van der Waals surface area contributed by atoms with Crippen LogP contribution in [0.15, 0.2) is 55.1 Å². The third kappa shape index (κ3) is 2.42. The van der Waals surface area contributed by atoms with Crippen molar-refractivity contribution in [3.05, 3.63) is 66.5 Å². The molecule has 4 rings (SSSR count). The molecular formula is C16H14N6O. The van der Waals surface area contributed by atoms with E-state index in [-0.39, 0.29) is 5.91 Å². The average Bonchev–Trinajstić information content (AvgIpc) is 3.16. The fourth-order valence-electron chi connectivity index (χ4n) is 2.51. The SMILES string of the molecule is CN(Cc1cn2ccccc2n1)C(=O)c1cc2ncccn2n1. The topological polar surface area (TPSA) is 67.8 Å². The molecule has 0 aromatic carbocycles. The lowest BCUT2D eigenvalue weighted by molar-refractivity contribution is 0.0777. The van der Waals surface area contributed by atoms with E-state index >= 15 is 0 Å². The predicted molar refractivity (Wildman–Crippen MR) is 84.0 cm³/mol. The first kappa shape index (κ1) is 13.4. The van der Waals surface area contributed by atoms with Gasteiger partial charge in [-0.3, -0.25) is 4.79 Å². The summed E-state index contributed by atoms with van der Waals surface area (Å²) >= 11 is 0. The Balaban J connectivity index is 1.57. The van der Waals surface area contributed by atoms with Gasteiger partial charge in [0.25, 0.3) is 5.91 Å². The number of imidazole rings is 1. The van der Waals surface area contributed by atoms with Crippen LogP contribution in [0.1, 0.15) is 16.2 Å². The summed E-state index contributed by atoms with van der Waals surface area (Å²) in [6.45, 7) is 0.418. The molecule has 0 saturated carbocycles. The Morgan fingerprint density at radius 3 is 2.96 bits per heavy atom. The fraction of sp³-hybridized carbons (Fsp3) is 0.125. The second-order valence-electron chi connectivity index (χ2n) is 5.31. The molecule has 4 heterocycles. The van der Waals surface area contributed by atoms with Crippen LogP contribution in [-0.2, 0) is 6.54 Å². The summed E-state index contributed by atoms with van der Waals surface area (Å²) in [5.74, 6) is -0.160. The van der Waals surface area contributed by atoms with E-state index in [0.29, 0.717) is 17.9 Å². The van der Waals surface area contributed by atoms with E-state index in [1.165, 1.54) is 0 Å². The molecule has 0 aliphatic heterocycles. The second kappa shape index (κ2) is 5.20. The summed E-state index contributed by atoms with van der Waals surface area (Å²) in [4.78, 5) is 22.8. The molecule has 1 amide bonds. The number of carbonyl (C=O) groups excluding carboxylic acids is 1. The standard InChI is InChI=1S/C16H14N6O/c1-20(10-12-11-21-7-3-2-5-14(21)18-12)16(23)13-9-15-17-6-4-8-22(15)19-13/h2-9,11H,10H2,1H3. The maximum Gasteiger partial charge on any atom is 0.274 e. The highest BCUT2D eigenvalue weighted by Crippen LogP contribution is 2.10. The van der Waals surface area contributed by atoms with Crippen molar-refractivity contribution in [2.45, 2.75) is 6.54 Å². The van der Waals surface area contributed by atoms with E-state index in [9.17, 15) is 4.79 Å². The number of carbonyl (C=O) groups is 1. The monoisotopic (exact) mass is 306 g/mol. The van der Waals surface area contributed by atoms with E-state index in [1.807, 2.05) is 35.0 Å². The van der Waals surface area contributed by atoms with E-state index in [1.54, 1.807) is 41.0 Å². The van der Waals surface area contributed by atoms with Gasteiger partial charge in [-0.1, -0.05) is 6.07 Å². The third-order valence-corrected chi connectivity index (χ3v) is 3.62. The Morgan fingerprint density at radius 2 is 2.13 bits per heavy atom. The molecule has 114 valence electrons. The van der Waals surface area contributed by atoms with E-state index in [2.05, 4.69) is 15.1 Å². The minimum atomic E-state index is -0.160. The highest BCUT2D eigenvalue weighted by atomic mass is 16.2. The van der Waals surface area contributed by atoms with Crippen LogP contribution in [0.2, 0.25) is 0 Å². The van der Waals surface area contributed by atoms with Gasteiger partial charge in [-0.15, -0.1) is 0 Å². The number of pyridine rings is 1. The first-order valence-corrected chi connectivity index (χ1v) is 7.19. The minimum Gasteiger partial charge on any atom is -0.334 e. The van der Waals surface area contributed by atoms with Crippen molar-refractivity contribution in [2.75, 3.05) is 7.05 Å². The molecule has 4 aromatic heterocycles. The van der Waals surface area contributed by atoms with Gasteiger partial charge in [0.1, 0.15) is 5.65 Å². The molecule has 0 aliphatic carbocycles. The van der Waals surface area contributed by atoms with Gasteiger partial charge in [0, 0.05) is 37.9 Å². The molecule has 0 radical (unpaired) electrons. The maximum atomic E-state index is 12.5. The molecule has 7 heteroatoms. The number of hydrogen-bond donors (Lipinski definition) is 0. The van der Waals surface area contributed by atoms with E-state index in [4.69, 9.17) is 0 Å². The maximum absolute atomic E-state index is 12.5. The van der Waals surface area contributed by atoms with Crippen molar-refractivity contribution in [1.29, 1.82) is 0 Å². The second-order valence-corrected chi connectivity index (χ2v) is 5.31. The molecule has 0 bridgehead atoms. The summed E-state index contributed by atoms with van der Waals surface area (Å²) in [7, 11) is 1.74. The van der Waals surface area contributed by atoms with E-state index in [0.717, 1.165) is 11.3 Å². The summed E-state index contributed by atoms with van der Waals surface area (Å²) in [6, 6.07) is 9.26. The fourth-order valence-corrected chi connectivity index (χ4v) is 2.51. The number of amides is 1. The van der Waals surface area contributed by atoms with Crippen LogP contribution in [0.25, 0.3) is 11.3 Å². The van der Waals surface area contributed by atoms with Gasteiger partial charge in [0.15, 0.2) is 11.3 Å². The highest BCUT2D eigenvalue weighted by Gasteiger charge is 2.17. The normalized spacial score (nSPS) is 11.2. The van der Waals surface area contributed by atoms with Crippen molar-refractivity contribution in [3.8, 4) is 0 Å². The average molecular weight is 306 g/mol. The summed E-state index contributed by atoms with van der Waals surface area (Å²) in [5.41, 5.74) is 2.71. The Bertz CT molecular complexity index is 936. The first-order chi connectivity index (χ1) is 11.2. The van der Waals surface area contributed by atoms with Crippen molar-refractivity contribution >= 4 is 17.2 Å². The van der Waals surface area contributed by atoms with Gasteiger partial charge in [-0.05, 0) is 18.2 Å². The van der Waals surface area contributed by atoms with Gasteiger partial charge in [-0.2, -0.15) is 5.10 Å².